The fraction of sp³-hybridized carbons (Fsp3) is 0.778. The summed E-state index contributed by atoms with van der Waals surface area (Å²) in [5, 5.41) is 6.63. The summed E-state index contributed by atoms with van der Waals surface area (Å²) in [6, 6.07) is 0. The number of aliphatic imine (C=N–C) groups is 1. The quantitative estimate of drug-likeness (QED) is 0.604. The smallest absolute Gasteiger partial charge is 0.216 e. The molecule has 1 saturated heterocycles. The van der Waals surface area contributed by atoms with Crippen LogP contribution in [0.15, 0.2) is 15.6 Å². The van der Waals surface area contributed by atoms with Gasteiger partial charge in [0.05, 0.1) is 11.8 Å². The van der Waals surface area contributed by atoms with Crippen LogP contribution in [0.5, 0.6) is 0 Å². The standard InChI is InChI=1S/C18H32N4O3/c1-6-19-16(22-13-18(23-5)7-9-24-10-8-18)21-12-15-20-11-14(25-15)17(2,3)4/h11H,6-10,12-13H2,1-5H3,(H2,19,21,22). The Kier molecular flexibility index (Phi) is 6.84. The van der Waals surface area contributed by atoms with E-state index in [0.717, 1.165) is 44.3 Å². The minimum atomic E-state index is -0.198. The molecule has 0 atom stereocenters. The molecular formula is C18H32N4O3. The minimum Gasteiger partial charge on any atom is -0.443 e. The second kappa shape index (κ2) is 8.67. The van der Waals surface area contributed by atoms with Crippen molar-refractivity contribution in [1.29, 1.82) is 0 Å². The summed E-state index contributed by atoms with van der Waals surface area (Å²) in [7, 11) is 1.76. The summed E-state index contributed by atoms with van der Waals surface area (Å²) in [6.07, 6.45) is 3.54. The van der Waals surface area contributed by atoms with Crippen molar-refractivity contribution in [3.05, 3.63) is 17.8 Å². The molecule has 0 radical (unpaired) electrons. The average Bonchev–Trinajstić information content (AvgIpc) is 3.07. The van der Waals surface area contributed by atoms with Crippen molar-refractivity contribution in [3.63, 3.8) is 0 Å². The number of rotatable bonds is 6. The molecule has 0 aliphatic carbocycles. The highest BCUT2D eigenvalue weighted by atomic mass is 16.5. The van der Waals surface area contributed by atoms with E-state index in [1.807, 2.05) is 6.92 Å². The lowest BCUT2D eigenvalue weighted by molar-refractivity contribution is -0.0855. The Bertz CT molecular complexity index is 557. The zero-order chi connectivity index (χ0) is 18.3. The largest absolute Gasteiger partial charge is 0.443 e. The molecule has 25 heavy (non-hydrogen) atoms. The van der Waals surface area contributed by atoms with Crippen LogP contribution in [0.25, 0.3) is 0 Å². The van der Waals surface area contributed by atoms with Gasteiger partial charge in [-0.15, -0.1) is 0 Å². The Labute approximate surface area is 150 Å². The summed E-state index contributed by atoms with van der Waals surface area (Å²) >= 11 is 0. The van der Waals surface area contributed by atoms with Gasteiger partial charge >= 0.3 is 0 Å². The summed E-state index contributed by atoms with van der Waals surface area (Å²) in [4.78, 5) is 8.90. The van der Waals surface area contributed by atoms with E-state index in [1.54, 1.807) is 13.3 Å². The van der Waals surface area contributed by atoms with Crippen LogP contribution in [0.2, 0.25) is 0 Å². The van der Waals surface area contributed by atoms with E-state index in [9.17, 15) is 0 Å². The van der Waals surface area contributed by atoms with Gasteiger partial charge in [0.2, 0.25) is 5.89 Å². The highest BCUT2D eigenvalue weighted by Crippen LogP contribution is 2.24. The lowest BCUT2D eigenvalue weighted by atomic mass is 9.94. The van der Waals surface area contributed by atoms with Gasteiger partial charge in [0.25, 0.3) is 0 Å². The van der Waals surface area contributed by atoms with Gasteiger partial charge in [-0.2, -0.15) is 0 Å². The maximum atomic E-state index is 5.80. The normalized spacial score (nSPS) is 18.2. The van der Waals surface area contributed by atoms with Crippen molar-refractivity contribution >= 4 is 5.96 Å². The molecule has 1 aromatic rings. The predicted octanol–water partition coefficient (Wildman–Crippen LogP) is 2.22. The number of hydrogen-bond acceptors (Lipinski definition) is 5. The van der Waals surface area contributed by atoms with Crippen molar-refractivity contribution < 1.29 is 13.9 Å². The Hall–Kier alpha value is -1.60. The third-order valence-corrected chi connectivity index (χ3v) is 4.42. The van der Waals surface area contributed by atoms with Gasteiger partial charge in [0.15, 0.2) is 5.96 Å². The van der Waals surface area contributed by atoms with E-state index in [4.69, 9.17) is 13.9 Å². The zero-order valence-corrected chi connectivity index (χ0v) is 16.1. The van der Waals surface area contributed by atoms with Crippen LogP contribution in [0.4, 0.5) is 0 Å². The van der Waals surface area contributed by atoms with Gasteiger partial charge in [-0.25, -0.2) is 9.98 Å². The number of hydrogen-bond donors (Lipinski definition) is 2. The van der Waals surface area contributed by atoms with Crippen molar-refractivity contribution in [2.45, 2.75) is 58.1 Å². The molecule has 1 aromatic heterocycles. The van der Waals surface area contributed by atoms with Gasteiger partial charge in [0.1, 0.15) is 12.3 Å². The molecule has 2 heterocycles. The average molecular weight is 352 g/mol. The molecule has 0 unspecified atom stereocenters. The monoisotopic (exact) mass is 352 g/mol. The third-order valence-electron chi connectivity index (χ3n) is 4.42. The first kappa shape index (κ1) is 19.7. The minimum absolute atomic E-state index is 0.0500. The second-order valence-corrected chi connectivity index (χ2v) is 7.42. The molecule has 1 fully saturated rings. The first-order valence-corrected chi connectivity index (χ1v) is 8.99. The highest BCUT2D eigenvalue weighted by molar-refractivity contribution is 5.79. The molecule has 2 rings (SSSR count). The van der Waals surface area contributed by atoms with Gasteiger partial charge in [-0.1, -0.05) is 20.8 Å². The first-order chi connectivity index (χ1) is 11.9. The van der Waals surface area contributed by atoms with Crippen LogP contribution in [0, 0.1) is 0 Å². The van der Waals surface area contributed by atoms with E-state index in [-0.39, 0.29) is 11.0 Å². The van der Waals surface area contributed by atoms with E-state index < -0.39 is 0 Å². The topological polar surface area (TPSA) is 80.9 Å². The molecule has 0 saturated carbocycles. The second-order valence-electron chi connectivity index (χ2n) is 7.42. The Balaban J connectivity index is 1.97. The number of nitrogens with one attached hydrogen (secondary N) is 2. The molecular weight excluding hydrogens is 320 g/mol. The number of oxazole rings is 1. The fourth-order valence-electron chi connectivity index (χ4n) is 2.66. The maximum absolute atomic E-state index is 5.80. The molecule has 1 aliphatic rings. The predicted molar refractivity (Wildman–Crippen MR) is 97.8 cm³/mol. The summed E-state index contributed by atoms with van der Waals surface area (Å²) < 4.78 is 17.0. The first-order valence-electron chi connectivity index (χ1n) is 8.99. The van der Waals surface area contributed by atoms with Crippen LogP contribution in [-0.2, 0) is 21.4 Å². The molecule has 0 amide bonds. The van der Waals surface area contributed by atoms with Gasteiger partial charge < -0.3 is 24.5 Å². The van der Waals surface area contributed by atoms with E-state index in [0.29, 0.717) is 19.0 Å². The van der Waals surface area contributed by atoms with E-state index in [1.165, 1.54) is 0 Å². The zero-order valence-electron chi connectivity index (χ0n) is 16.1. The molecule has 7 heteroatoms. The van der Waals surface area contributed by atoms with E-state index in [2.05, 4.69) is 41.4 Å². The molecule has 1 aliphatic heterocycles. The van der Waals surface area contributed by atoms with Gasteiger partial charge in [0, 0.05) is 51.7 Å². The Morgan fingerprint density at radius 3 is 2.60 bits per heavy atom. The van der Waals surface area contributed by atoms with Gasteiger partial charge in [-0.3, -0.25) is 0 Å². The summed E-state index contributed by atoms with van der Waals surface area (Å²) in [6.45, 7) is 11.7. The number of methoxy groups -OCH3 is 1. The SMILES string of the molecule is CCNC(=NCc1ncc(C(C)(C)C)o1)NCC1(OC)CCOCC1. The van der Waals surface area contributed by atoms with Crippen molar-refractivity contribution in [2.24, 2.45) is 4.99 Å². The highest BCUT2D eigenvalue weighted by Gasteiger charge is 2.32. The Morgan fingerprint density at radius 2 is 2.04 bits per heavy atom. The van der Waals surface area contributed by atoms with E-state index >= 15 is 0 Å². The third kappa shape index (κ3) is 5.71. The number of guanidine groups is 1. The lowest BCUT2D eigenvalue weighted by Crippen LogP contribution is -2.50. The van der Waals surface area contributed by atoms with Crippen LogP contribution in [0.3, 0.4) is 0 Å². The van der Waals surface area contributed by atoms with Crippen LogP contribution >= 0.6 is 0 Å². The number of nitrogens with zero attached hydrogens (tertiary/aromatic N) is 2. The maximum Gasteiger partial charge on any atom is 0.216 e. The molecule has 0 bridgehead atoms. The Morgan fingerprint density at radius 1 is 1.32 bits per heavy atom. The van der Waals surface area contributed by atoms with Gasteiger partial charge in [-0.05, 0) is 6.92 Å². The van der Waals surface area contributed by atoms with Crippen molar-refractivity contribution in [3.8, 4) is 0 Å². The van der Waals surface area contributed by atoms with Crippen LogP contribution in [-0.4, -0.2) is 50.0 Å². The molecule has 7 nitrogen and oxygen atoms in total. The summed E-state index contributed by atoms with van der Waals surface area (Å²) in [5.74, 6) is 2.23. The van der Waals surface area contributed by atoms with Crippen LogP contribution in [0.1, 0.15) is 52.2 Å². The molecule has 0 aromatic carbocycles. The van der Waals surface area contributed by atoms with Crippen molar-refractivity contribution in [1.82, 2.24) is 15.6 Å². The summed E-state index contributed by atoms with van der Waals surface area (Å²) in [5.41, 5.74) is -0.248. The molecule has 142 valence electrons. The number of aromatic nitrogens is 1. The lowest BCUT2D eigenvalue weighted by Gasteiger charge is -2.36. The molecule has 0 spiro atoms. The fourth-order valence-corrected chi connectivity index (χ4v) is 2.66. The molecule has 2 N–H and O–H groups in total. The van der Waals surface area contributed by atoms with Crippen molar-refractivity contribution in [2.75, 3.05) is 33.4 Å². The van der Waals surface area contributed by atoms with Crippen LogP contribution < -0.4 is 10.6 Å². The number of ether oxygens (including phenoxy) is 2.